The first kappa shape index (κ1) is 11.9. The lowest BCUT2D eigenvalue weighted by atomic mass is 10.3. The molecule has 2 aromatic rings. The van der Waals surface area contributed by atoms with E-state index in [1.807, 2.05) is 22.2 Å². The highest BCUT2D eigenvalue weighted by atomic mass is 32.1. The van der Waals surface area contributed by atoms with Gasteiger partial charge in [-0.25, -0.2) is 4.68 Å². The van der Waals surface area contributed by atoms with Crippen molar-refractivity contribution >= 4 is 11.3 Å². The normalized spacial score (nSPS) is 15.2. The van der Waals surface area contributed by atoms with Crippen molar-refractivity contribution in [3.05, 3.63) is 33.8 Å². The van der Waals surface area contributed by atoms with Crippen LogP contribution in [0.3, 0.4) is 0 Å². The Kier molecular flexibility index (Phi) is 3.43. The Hall–Kier alpha value is -1.20. The third kappa shape index (κ3) is 2.97. The highest BCUT2D eigenvalue weighted by Crippen LogP contribution is 2.19. The van der Waals surface area contributed by atoms with Gasteiger partial charge in [-0.15, -0.1) is 16.4 Å². The lowest BCUT2D eigenvalue weighted by Crippen LogP contribution is -2.15. The van der Waals surface area contributed by atoms with Crippen molar-refractivity contribution in [1.82, 2.24) is 20.3 Å². The third-order valence-electron chi connectivity index (χ3n) is 3.12. The average molecular weight is 262 g/mol. The van der Waals surface area contributed by atoms with Gasteiger partial charge in [-0.3, -0.25) is 0 Å². The summed E-state index contributed by atoms with van der Waals surface area (Å²) in [6.07, 6.45) is 5.77. The second kappa shape index (κ2) is 5.20. The minimum Gasteiger partial charge on any atom is -0.308 e. The van der Waals surface area contributed by atoms with Crippen molar-refractivity contribution in [2.75, 3.05) is 0 Å². The molecule has 2 heterocycles. The van der Waals surface area contributed by atoms with Gasteiger partial charge < -0.3 is 5.32 Å². The summed E-state index contributed by atoms with van der Waals surface area (Å²) in [6, 6.07) is 5.11. The van der Waals surface area contributed by atoms with Gasteiger partial charge in [0.05, 0.1) is 18.4 Å². The van der Waals surface area contributed by atoms with Crippen LogP contribution in [0.1, 0.15) is 35.2 Å². The Morgan fingerprint density at radius 2 is 2.22 bits per heavy atom. The first-order valence-electron chi connectivity index (χ1n) is 6.53. The molecule has 2 aromatic heterocycles. The molecular formula is C13H18N4S. The van der Waals surface area contributed by atoms with Crippen LogP contribution >= 0.6 is 11.3 Å². The van der Waals surface area contributed by atoms with Gasteiger partial charge in [0, 0.05) is 22.3 Å². The molecule has 0 unspecified atom stereocenters. The average Bonchev–Trinajstić information content (AvgIpc) is 2.93. The summed E-state index contributed by atoms with van der Waals surface area (Å²) in [4.78, 5) is 2.78. The Balaban J connectivity index is 1.58. The van der Waals surface area contributed by atoms with Crippen molar-refractivity contribution in [2.24, 2.45) is 0 Å². The van der Waals surface area contributed by atoms with E-state index in [9.17, 15) is 0 Å². The van der Waals surface area contributed by atoms with Crippen LogP contribution in [0.25, 0.3) is 0 Å². The molecule has 5 heteroatoms. The van der Waals surface area contributed by atoms with Gasteiger partial charge in [0.1, 0.15) is 0 Å². The molecule has 1 aliphatic rings. The second-order valence-corrected chi connectivity index (χ2v) is 6.04. The molecule has 96 valence electrons. The molecule has 0 atom stereocenters. The minimum atomic E-state index is 0.722. The summed E-state index contributed by atoms with van der Waals surface area (Å²) >= 11 is 1.86. The molecule has 18 heavy (non-hydrogen) atoms. The van der Waals surface area contributed by atoms with Gasteiger partial charge >= 0.3 is 0 Å². The van der Waals surface area contributed by atoms with E-state index in [1.54, 1.807) is 0 Å². The van der Waals surface area contributed by atoms with Gasteiger partial charge in [-0.1, -0.05) is 12.1 Å². The standard InChI is InChI=1S/C13H18N4S/c1-2-12-5-6-13(18-12)9-17-8-11(15-16-17)7-14-10-3-4-10/h5-6,8,10,14H,2-4,7,9H2,1H3. The van der Waals surface area contributed by atoms with Crippen molar-refractivity contribution in [1.29, 1.82) is 0 Å². The van der Waals surface area contributed by atoms with Gasteiger partial charge in [0.25, 0.3) is 0 Å². The number of nitrogens with zero attached hydrogens (tertiary/aromatic N) is 3. The van der Waals surface area contributed by atoms with E-state index in [-0.39, 0.29) is 0 Å². The molecule has 1 fully saturated rings. The maximum atomic E-state index is 4.19. The summed E-state index contributed by atoms with van der Waals surface area (Å²) in [5.41, 5.74) is 1.04. The van der Waals surface area contributed by atoms with E-state index in [2.05, 4.69) is 34.7 Å². The Morgan fingerprint density at radius 1 is 1.39 bits per heavy atom. The van der Waals surface area contributed by atoms with Crippen molar-refractivity contribution in [3.63, 3.8) is 0 Å². The van der Waals surface area contributed by atoms with Crippen molar-refractivity contribution in [2.45, 2.75) is 45.3 Å². The molecule has 0 amide bonds. The van der Waals surface area contributed by atoms with Crippen molar-refractivity contribution in [3.8, 4) is 0 Å². The number of nitrogens with one attached hydrogen (secondary N) is 1. The highest BCUT2D eigenvalue weighted by molar-refractivity contribution is 7.11. The quantitative estimate of drug-likeness (QED) is 0.868. The smallest absolute Gasteiger partial charge is 0.0965 e. The summed E-state index contributed by atoms with van der Waals surface area (Å²) in [6.45, 7) is 3.86. The third-order valence-corrected chi connectivity index (χ3v) is 4.33. The van der Waals surface area contributed by atoms with Gasteiger partial charge in [0.2, 0.25) is 0 Å². The van der Waals surface area contributed by atoms with Crippen LogP contribution in [-0.4, -0.2) is 21.0 Å². The number of hydrogen-bond donors (Lipinski definition) is 1. The van der Waals surface area contributed by atoms with Crippen LogP contribution in [0.15, 0.2) is 18.3 Å². The van der Waals surface area contributed by atoms with Crippen LogP contribution in [0.2, 0.25) is 0 Å². The van der Waals surface area contributed by atoms with Gasteiger partial charge in [0.15, 0.2) is 0 Å². The van der Waals surface area contributed by atoms with E-state index in [0.717, 1.165) is 31.2 Å². The first-order valence-corrected chi connectivity index (χ1v) is 7.35. The second-order valence-electron chi connectivity index (χ2n) is 4.78. The van der Waals surface area contributed by atoms with E-state index < -0.39 is 0 Å². The molecule has 1 saturated carbocycles. The first-order chi connectivity index (χ1) is 8.83. The van der Waals surface area contributed by atoms with E-state index in [0.29, 0.717) is 0 Å². The SMILES string of the molecule is CCc1ccc(Cn2cc(CNC3CC3)nn2)s1. The van der Waals surface area contributed by atoms with Crippen LogP contribution in [-0.2, 0) is 19.5 Å². The molecule has 1 aliphatic carbocycles. The van der Waals surface area contributed by atoms with Crippen molar-refractivity contribution < 1.29 is 0 Å². The van der Waals surface area contributed by atoms with Crippen LogP contribution < -0.4 is 5.32 Å². The number of rotatable bonds is 6. The predicted molar refractivity (Wildman–Crippen MR) is 72.7 cm³/mol. The van der Waals surface area contributed by atoms with E-state index in [1.165, 1.54) is 22.6 Å². The molecule has 1 N–H and O–H groups in total. The zero-order chi connectivity index (χ0) is 12.4. The largest absolute Gasteiger partial charge is 0.308 e. The topological polar surface area (TPSA) is 42.7 Å². The fourth-order valence-electron chi connectivity index (χ4n) is 1.89. The number of thiophene rings is 1. The molecule has 3 rings (SSSR count). The summed E-state index contributed by atoms with van der Waals surface area (Å²) < 4.78 is 1.93. The summed E-state index contributed by atoms with van der Waals surface area (Å²) in [7, 11) is 0. The van der Waals surface area contributed by atoms with Gasteiger partial charge in [-0.2, -0.15) is 0 Å². The molecule has 0 radical (unpaired) electrons. The maximum Gasteiger partial charge on any atom is 0.0965 e. The number of hydrogen-bond acceptors (Lipinski definition) is 4. The maximum absolute atomic E-state index is 4.19. The molecular weight excluding hydrogens is 244 g/mol. The van der Waals surface area contributed by atoms with Gasteiger partial charge in [-0.05, 0) is 31.4 Å². The minimum absolute atomic E-state index is 0.722. The van der Waals surface area contributed by atoms with E-state index in [4.69, 9.17) is 0 Å². The zero-order valence-electron chi connectivity index (χ0n) is 10.6. The number of aromatic nitrogens is 3. The fourth-order valence-corrected chi connectivity index (χ4v) is 2.84. The lowest BCUT2D eigenvalue weighted by Gasteiger charge is -1.97. The molecule has 0 bridgehead atoms. The summed E-state index contributed by atoms with van der Waals surface area (Å²) in [5.74, 6) is 0. The van der Waals surface area contributed by atoms with Crippen LogP contribution in [0.5, 0.6) is 0 Å². The van der Waals surface area contributed by atoms with Crippen LogP contribution in [0, 0.1) is 0 Å². The fraction of sp³-hybridized carbons (Fsp3) is 0.538. The Morgan fingerprint density at radius 3 is 2.94 bits per heavy atom. The molecule has 0 aromatic carbocycles. The Labute approximate surface area is 111 Å². The Bertz CT molecular complexity index is 513. The molecule has 4 nitrogen and oxygen atoms in total. The molecule has 0 spiro atoms. The van der Waals surface area contributed by atoms with E-state index >= 15 is 0 Å². The molecule has 0 saturated heterocycles. The lowest BCUT2D eigenvalue weighted by molar-refractivity contribution is 0.651. The number of aryl methyl sites for hydroxylation is 1. The predicted octanol–water partition coefficient (Wildman–Crippen LogP) is 2.20. The molecule has 0 aliphatic heterocycles. The highest BCUT2D eigenvalue weighted by Gasteiger charge is 2.20. The zero-order valence-corrected chi connectivity index (χ0v) is 11.4. The summed E-state index contributed by atoms with van der Waals surface area (Å²) in [5, 5.41) is 11.8. The monoisotopic (exact) mass is 262 g/mol. The van der Waals surface area contributed by atoms with Crippen LogP contribution in [0.4, 0.5) is 0 Å².